The Morgan fingerprint density at radius 1 is 1.41 bits per heavy atom. The Bertz CT molecular complexity index is 526. The molecule has 0 spiro atoms. The molecule has 0 heterocycles. The molecule has 0 bridgehead atoms. The summed E-state index contributed by atoms with van der Waals surface area (Å²) in [5.74, 6) is -0.534. The lowest BCUT2D eigenvalue weighted by atomic mass is 9.94. The number of halogens is 1. The van der Waals surface area contributed by atoms with Crippen LogP contribution in [-0.2, 0) is 10.0 Å². The summed E-state index contributed by atoms with van der Waals surface area (Å²) < 4.78 is 38.7. The first kappa shape index (κ1) is 12.3. The van der Waals surface area contributed by atoms with E-state index < -0.39 is 15.8 Å². The summed E-state index contributed by atoms with van der Waals surface area (Å²) in [5, 5.41) is 0. The van der Waals surface area contributed by atoms with Crippen molar-refractivity contribution >= 4 is 15.7 Å². The number of benzene rings is 1. The van der Waals surface area contributed by atoms with E-state index in [0.29, 0.717) is 0 Å². The molecule has 1 aliphatic carbocycles. The summed E-state index contributed by atoms with van der Waals surface area (Å²) in [7, 11) is -2.06. The van der Waals surface area contributed by atoms with Crippen LogP contribution in [0.4, 0.5) is 10.1 Å². The zero-order chi connectivity index (χ0) is 12.6. The Morgan fingerprint density at radius 3 is 2.53 bits per heavy atom. The van der Waals surface area contributed by atoms with Crippen LogP contribution in [0.15, 0.2) is 23.1 Å². The molecule has 2 N–H and O–H groups in total. The van der Waals surface area contributed by atoms with Crippen LogP contribution in [0.5, 0.6) is 0 Å². The third-order valence-electron chi connectivity index (χ3n) is 3.22. The number of hydrogen-bond donors (Lipinski definition) is 1. The second kappa shape index (κ2) is 4.27. The van der Waals surface area contributed by atoms with Gasteiger partial charge in [0, 0.05) is 13.1 Å². The number of hydrogen-bond acceptors (Lipinski definition) is 3. The van der Waals surface area contributed by atoms with E-state index in [4.69, 9.17) is 5.73 Å². The monoisotopic (exact) mass is 258 g/mol. The maximum Gasteiger partial charge on any atom is 0.245 e. The fourth-order valence-corrected chi connectivity index (χ4v) is 3.37. The highest BCUT2D eigenvalue weighted by atomic mass is 32.2. The summed E-state index contributed by atoms with van der Waals surface area (Å²) >= 11 is 0. The van der Waals surface area contributed by atoms with Crippen LogP contribution >= 0.6 is 0 Å². The minimum absolute atomic E-state index is 0.0201. The Labute approximate surface area is 100 Å². The van der Waals surface area contributed by atoms with Gasteiger partial charge in [-0.05, 0) is 31.0 Å². The molecule has 94 valence electrons. The SMILES string of the molecule is CN(C1CCC1)S(=O)(=O)c1ccc(F)cc1N. The molecular formula is C11H15FN2O2S. The number of rotatable bonds is 3. The summed E-state index contributed by atoms with van der Waals surface area (Å²) in [5.41, 5.74) is 5.51. The molecule has 0 aromatic heterocycles. The average molecular weight is 258 g/mol. The van der Waals surface area contributed by atoms with E-state index in [2.05, 4.69) is 0 Å². The third kappa shape index (κ3) is 2.14. The first-order valence-corrected chi connectivity index (χ1v) is 6.90. The Morgan fingerprint density at radius 2 is 2.06 bits per heavy atom. The predicted molar refractivity (Wildman–Crippen MR) is 63.4 cm³/mol. The van der Waals surface area contributed by atoms with E-state index in [1.165, 1.54) is 10.4 Å². The minimum atomic E-state index is -3.60. The molecule has 0 aliphatic heterocycles. The lowest BCUT2D eigenvalue weighted by molar-refractivity contribution is 0.250. The van der Waals surface area contributed by atoms with Crippen molar-refractivity contribution in [2.45, 2.75) is 30.2 Å². The summed E-state index contributed by atoms with van der Waals surface area (Å²) in [6.07, 6.45) is 2.79. The van der Waals surface area contributed by atoms with Gasteiger partial charge in [-0.1, -0.05) is 6.42 Å². The summed E-state index contributed by atoms with van der Waals surface area (Å²) in [6.45, 7) is 0. The molecular weight excluding hydrogens is 243 g/mol. The Hall–Kier alpha value is -1.14. The molecule has 2 rings (SSSR count). The highest BCUT2D eigenvalue weighted by molar-refractivity contribution is 7.89. The lowest BCUT2D eigenvalue weighted by Gasteiger charge is -2.33. The van der Waals surface area contributed by atoms with Gasteiger partial charge >= 0.3 is 0 Å². The number of nitrogens with two attached hydrogens (primary N) is 1. The van der Waals surface area contributed by atoms with Gasteiger partial charge in [0.05, 0.1) is 5.69 Å². The quantitative estimate of drug-likeness (QED) is 0.837. The standard InChI is InChI=1S/C11H15FN2O2S/c1-14(9-3-2-4-9)17(15,16)11-6-5-8(12)7-10(11)13/h5-7,9H,2-4,13H2,1H3. The molecule has 1 fully saturated rings. The molecule has 1 aromatic carbocycles. The fraction of sp³-hybridized carbons (Fsp3) is 0.455. The van der Waals surface area contributed by atoms with Gasteiger partial charge < -0.3 is 5.73 Å². The highest BCUT2D eigenvalue weighted by Gasteiger charge is 2.32. The van der Waals surface area contributed by atoms with Gasteiger partial charge in [0.25, 0.3) is 0 Å². The van der Waals surface area contributed by atoms with E-state index in [-0.39, 0.29) is 16.6 Å². The molecule has 17 heavy (non-hydrogen) atoms. The van der Waals surface area contributed by atoms with E-state index in [1.54, 1.807) is 7.05 Å². The molecule has 0 saturated heterocycles. The van der Waals surface area contributed by atoms with Gasteiger partial charge in [-0.2, -0.15) is 4.31 Å². The van der Waals surface area contributed by atoms with E-state index in [0.717, 1.165) is 31.4 Å². The van der Waals surface area contributed by atoms with Crippen LogP contribution in [-0.4, -0.2) is 25.8 Å². The normalized spacial score (nSPS) is 17.1. The number of nitrogens with zero attached hydrogens (tertiary/aromatic N) is 1. The van der Waals surface area contributed by atoms with Crippen molar-refractivity contribution < 1.29 is 12.8 Å². The molecule has 4 nitrogen and oxygen atoms in total. The van der Waals surface area contributed by atoms with Crippen molar-refractivity contribution in [3.63, 3.8) is 0 Å². The van der Waals surface area contributed by atoms with Crippen LogP contribution in [0.2, 0.25) is 0 Å². The average Bonchev–Trinajstić information content (AvgIpc) is 2.13. The van der Waals surface area contributed by atoms with Crippen molar-refractivity contribution in [3.05, 3.63) is 24.0 Å². The van der Waals surface area contributed by atoms with Crippen molar-refractivity contribution in [3.8, 4) is 0 Å². The maximum absolute atomic E-state index is 12.9. The van der Waals surface area contributed by atoms with Gasteiger partial charge in [0.1, 0.15) is 10.7 Å². The van der Waals surface area contributed by atoms with Crippen LogP contribution in [0.3, 0.4) is 0 Å². The zero-order valence-electron chi connectivity index (χ0n) is 9.56. The van der Waals surface area contributed by atoms with E-state index in [1.807, 2.05) is 0 Å². The molecule has 0 radical (unpaired) electrons. The van der Waals surface area contributed by atoms with Crippen molar-refractivity contribution in [1.82, 2.24) is 4.31 Å². The minimum Gasteiger partial charge on any atom is -0.398 e. The Kier molecular flexibility index (Phi) is 3.09. The van der Waals surface area contributed by atoms with Crippen molar-refractivity contribution in [2.75, 3.05) is 12.8 Å². The second-order valence-corrected chi connectivity index (χ2v) is 6.25. The smallest absolute Gasteiger partial charge is 0.245 e. The van der Waals surface area contributed by atoms with Crippen molar-refractivity contribution in [2.24, 2.45) is 0 Å². The summed E-state index contributed by atoms with van der Waals surface area (Å²) in [6, 6.07) is 3.40. The first-order valence-electron chi connectivity index (χ1n) is 5.46. The zero-order valence-corrected chi connectivity index (χ0v) is 10.4. The molecule has 0 atom stereocenters. The van der Waals surface area contributed by atoms with Gasteiger partial charge in [0.2, 0.25) is 10.0 Å². The predicted octanol–water partition coefficient (Wildman–Crippen LogP) is 1.58. The van der Waals surface area contributed by atoms with Crippen LogP contribution < -0.4 is 5.73 Å². The molecule has 6 heteroatoms. The molecule has 0 unspecified atom stereocenters. The Balaban J connectivity index is 2.36. The molecule has 0 amide bonds. The van der Waals surface area contributed by atoms with Gasteiger partial charge in [-0.15, -0.1) is 0 Å². The number of anilines is 1. The van der Waals surface area contributed by atoms with Crippen LogP contribution in [0, 0.1) is 5.82 Å². The molecule has 1 aromatic rings. The van der Waals surface area contributed by atoms with Gasteiger partial charge in [-0.3, -0.25) is 0 Å². The van der Waals surface area contributed by atoms with Crippen LogP contribution in [0.1, 0.15) is 19.3 Å². The molecule has 1 aliphatic rings. The largest absolute Gasteiger partial charge is 0.398 e. The topological polar surface area (TPSA) is 63.4 Å². The van der Waals surface area contributed by atoms with Gasteiger partial charge in [0.15, 0.2) is 0 Å². The van der Waals surface area contributed by atoms with Gasteiger partial charge in [-0.25, -0.2) is 12.8 Å². The molecule has 1 saturated carbocycles. The first-order chi connectivity index (χ1) is 7.93. The third-order valence-corrected chi connectivity index (χ3v) is 5.20. The van der Waals surface area contributed by atoms with Crippen LogP contribution in [0.25, 0.3) is 0 Å². The summed E-state index contributed by atoms with van der Waals surface area (Å²) in [4.78, 5) is -0.0201. The lowest BCUT2D eigenvalue weighted by Crippen LogP contribution is -2.41. The van der Waals surface area contributed by atoms with E-state index >= 15 is 0 Å². The maximum atomic E-state index is 12.9. The highest BCUT2D eigenvalue weighted by Crippen LogP contribution is 2.30. The number of nitrogen functional groups attached to an aromatic ring is 1. The van der Waals surface area contributed by atoms with E-state index in [9.17, 15) is 12.8 Å². The fourth-order valence-electron chi connectivity index (χ4n) is 1.86. The van der Waals surface area contributed by atoms with Crippen molar-refractivity contribution in [1.29, 1.82) is 0 Å². The number of sulfonamides is 1. The second-order valence-electron chi connectivity index (χ2n) is 4.29.